The number of aromatic nitrogens is 2. The smallest absolute Gasteiger partial charge is 0.278 e. The van der Waals surface area contributed by atoms with E-state index in [0.29, 0.717) is 5.69 Å². The van der Waals surface area contributed by atoms with Crippen molar-refractivity contribution in [3.8, 4) is 10.4 Å². The molecule has 0 aliphatic rings. The summed E-state index contributed by atoms with van der Waals surface area (Å²) in [5.41, 5.74) is 1.40. The maximum Gasteiger partial charge on any atom is 0.278 e. The van der Waals surface area contributed by atoms with Gasteiger partial charge in [0.05, 0.1) is 18.2 Å². The molecular formula is C13H11N3O2S2. The molecule has 0 radical (unpaired) electrons. The number of hydrogen-bond donors (Lipinski definition) is 2. The highest BCUT2D eigenvalue weighted by molar-refractivity contribution is 7.92. The van der Waals surface area contributed by atoms with Crippen LogP contribution in [-0.2, 0) is 10.0 Å². The number of H-pyrrole nitrogens is 1. The zero-order valence-electron chi connectivity index (χ0n) is 10.3. The van der Waals surface area contributed by atoms with Gasteiger partial charge in [-0.2, -0.15) is 8.42 Å². The molecule has 0 unspecified atom stereocenters. The van der Waals surface area contributed by atoms with Gasteiger partial charge in [-0.3, -0.25) is 4.72 Å². The van der Waals surface area contributed by atoms with Crippen molar-refractivity contribution in [3.05, 3.63) is 54.3 Å². The van der Waals surface area contributed by atoms with Crippen molar-refractivity contribution in [2.45, 2.75) is 5.03 Å². The van der Waals surface area contributed by atoms with E-state index in [1.807, 2.05) is 29.6 Å². The topological polar surface area (TPSA) is 74.8 Å². The minimum atomic E-state index is -3.65. The maximum atomic E-state index is 12.2. The fraction of sp³-hybridized carbons (Fsp3) is 0. The Balaban J connectivity index is 2.00. The summed E-state index contributed by atoms with van der Waals surface area (Å²) >= 11 is 1.56. The van der Waals surface area contributed by atoms with Crippen LogP contribution in [0.3, 0.4) is 0 Å². The highest BCUT2D eigenvalue weighted by Gasteiger charge is 2.17. The van der Waals surface area contributed by atoms with E-state index in [1.165, 1.54) is 12.5 Å². The first-order valence-electron chi connectivity index (χ1n) is 5.81. The second kappa shape index (κ2) is 5.10. The molecule has 3 rings (SSSR count). The number of nitrogens with zero attached hydrogens (tertiary/aromatic N) is 1. The molecule has 0 saturated heterocycles. The van der Waals surface area contributed by atoms with E-state index < -0.39 is 10.0 Å². The number of aromatic amines is 1. The van der Waals surface area contributed by atoms with Gasteiger partial charge in [0.25, 0.3) is 10.0 Å². The van der Waals surface area contributed by atoms with Crippen LogP contribution in [0.15, 0.2) is 59.3 Å². The number of benzene rings is 1. The highest BCUT2D eigenvalue weighted by atomic mass is 32.2. The van der Waals surface area contributed by atoms with E-state index in [9.17, 15) is 8.42 Å². The molecule has 0 atom stereocenters. The first-order valence-corrected chi connectivity index (χ1v) is 8.17. The van der Waals surface area contributed by atoms with Crippen LogP contribution in [0.2, 0.25) is 0 Å². The molecule has 0 saturated carbocycles. The van der Waals surface area contributed by atoms with Crippen LogP contribution in [0.4, 0.5) is 5.69 Å². The fourth-order valence-corrected chi connectivity index (χ4v) is 3.56. The fourth-order valence-electron chi connectivity index (χ4n) is 1.81. The minimum Gasteiger partial charge on any atom is -0.334 e. The SMILES string of the molecule is O=S(=O)(Nc1ccccc1-c1cccs1)c1cnc[nH]1. The third kappa shape index (κ3) is 2.45. The Kier molecular flexibility index (Phi) is 3.29. The third-order valence-corrected chi connectivity index (χ3v) is 4.91. The second-order valence-electron chi connectivity index (χ2n) is 4.04. The molecule has 0 amide bonds. The Morgan fingerprint density at radius 2 is 2.00 bits per heavy atom. The van der Waals surface area contributed by atoms with Crippen LogP contribution in [-0.4, -0.2) is 18.4 Å². The second-order valence-corrected chi connectivity index (χ2v) is 6.64. The molecule has 2 N–H and O–H groups in total. The Morgan fingerprint density at radius 1 is 1.15 bits per heavy atom. The maximum absolute atomic E-state index is 12.2. The van der Waals surface area contributed by atoms with E-state index in [0.717, 1.165) is 10.4 Å². The average Bonchev–Trinajstić information content (AvgIpc) is 3.13. The van der Waals surface area contributed by atoms with Crippen molar-refractivity contribution in [2.75, 3.05) is 4.72 Å². The molecule has 20 heavy (non-hydrogen) atoms. The molecule has 0 fully saturated rings. The molecule has 5 nitrogen and oxygen atoms in total. The predicted molar refractivity (Wildman–Crippen MR) is 79.2 cm³/mol. The molecule has 0 aliphatic carbocycles. The normalized spacial score (nSPS) is 11.4. The highest BCUT2D eigenvalue weighted by Crippen LogP contribution is 2.32. The Bertz CT molecular complexity index is 794. The first kappa shape index (κ1) is 12.9. The van der Waals surface area contributed by atoms with Gasteiger partial charge in [0, 0.05) is 10.4 Å². The zero-order chi connectivity index (χ0) is 14.0. The standard InChI is InChI=1S/C13H11N3O2S2/c17-20(18,13-8-14-9-15-13)16-11-5-2-1-4-10(11)12-6-3-7-19-12/h1-9,16H,(H,14,15). The number of nitrogens with one attached hydrogen (secondary N) is 2. The van der Waals surface area contributed by atoms with Crippen molar-refractivity contribution >= 4 is 27.0 Å². The Labute approximate surface area is 120 Å². The molecule has 2 aromatic heterocycles. The lowest BCUT2D eigenvalue weighted by molar-refractivity contribution is 0.598. The van der Waals surface area contributed by atoms with Crippen LogP contribution in [0, 0.1) is 0 Å². The summed E-state index contributed by atoms with van der Waals surface area (Å²) in [6.07, 6.45) is 2.61. The Hall–Kier alpha value is -2.12. The van der Waals surface area contributed by atoms with E-state index in [4.69, 9.17) is 0 Å². The number of para-hydroxylation sites is 1. The number of hydrogen-bond acceptors (Lipinski definition) is 4. The van der Waals surface area contributed by atoms with E-state index in [1.54, 1.807) is 23.5 Å². The summed E-state index contributed by atoms with van der Waals surface area (Å²) in [4.78, 5) is 7.33. The zero-order valence-corrected chi connectivity index (χ0v) is 11.9. The molecule has 1 aromatic carbocycles. The van der Waals surface area contributed by atoms with Crippen molar-refractivity contribution < 1.29 is 8.42 Å². The molecule has 0 spiro atoms. The van der Waals surface area contributed by atoms with Gasteiger partial charge in [0.15, 0.2) is 5.03 Å². The van der Waals surface area contributed by atoms with Crippen molar-refractivity contribution in [1.82, 2.24) is 9.97 Å². The number of imidazole rings is 1. The Morgan fingerprint density at radius 3 is 2.70 bits per heavy atom. The molecule has 2 heterocycles. The summed E-state index contributed by atoms with van der Waals surface area (Å²) in [6, 6.07) is 11.2. The van der Waals surface area contributed by atoms with Crippen LogP contribution >= 0.6 is 11.3 Å². The van der Waals surface area contributed by atoms with Gasteiger partial charge in [-0.1, -0.05) is 24.3 Å². The number of rotatable bonds is 4. The summed E-state index contributed by atoms with van der Waals surface area (Å²) in [7, 11) is -3.65. The van der Waals surface area contributed by atoms with Gasteiger partial charge in [0.2, 0.25) is 0 Å². The van der Waals surface area contributed by atoms with Crippen LogP contribution in [0.25, 0.3) is 10.4 Å². The quantitative estimate of drug-likeness (QED) is 0.778. The summed E-state index contributed by atoms with van der Waals surface area (Å²) in [5, 5.41) is 1.99. The summed E-state index contributed by atoms with van der Waals surface area (Å²) in [5.74, 6) is 0. The summed E-state index contributed by atoms with van der Waals surface area (Å²) in [6.45, 7) is 0. The molecule has 7 heteroatoms. The average molecular weight is 305 g/mol. The molecular weight excluding hydrogens is 294 g/mol. The van der Waals surface area contributed by atoms with Gasteiger partial charge >= 0.3 is 0 Å². The molecule has 0 aliphatic heterocycles. The van der Waals surface area contributed by atoms with Crippen molar-refractivity contribution in [1.29, 1.82) is 0 Å². The largest absolute Gasteiger partial charge is 0.334 e. The number of anilines is 1. The van der Waals surface area contributed by atoms with E-state index >= 15 is 0 Å². The van der Waals surface area contributed by atoms with Gasteiger partial charge < -0.3 is 4.98 Å². The van der Waals surface area contributed by atoms with Gasteiger partial charge in [0.1, 0.15) is 0 Å². The predicted octanol–water partition coefficient (Wildman–Crippen LogP) is 2.94. The van der Waals surface area contributed by atoms with Crippen LogP contribution in [0.5, 0.6) is 0 Å². The molecule has 0 bridgehead atoms. The third-order valence-electron chi connectivity index (χ3n) is 2.72. The van der Waals surface area contributed by atoms with Gasteiger partial charge in [-0.05, 0) is 17.5 Å². The lowest BCUT2D eigenvalue weighted by atomic mass is 10.1. The minimum absolute atomic E-state index is 0.0403. The monoisotopic (exact) mass is 305 g/mol. The molecule has 3 aromatic rings. The number of thiophene rings is 1. The van der Waals surface area contributed by atoms with Crippen molar-refractivity contribution in [3.63, 3.8) is 0 Å². The first-order chi connectivity index (χ1) is 9.67. The lowest BCUT2D eigenvalue weighted by Crippen LogP contribution is -2.13. The lowest BCUT2D eigenvalue weighted by Gasteiger charge is -2.10. The van der Waals surface area contributed by atoms with Gasteiger partial charge in [-0.25, -0.2) is 4.98 Å². The van der Waals surface area contributed by atoms with Crippen molar-refractivity contribution in [2.24, 2.45) is 0 Å². The van der Waals surface area contributed by atoms with E-state index in [-0.39, 0.29) is 5.03 Å². The number of sulfonamides is 1. The molecule has 102 valence electrons. The van der Waals surface area contributed by atoms with Gasteiger partial charge in [-0.15, -0.1) is 11.3 Å². The van der Waals surface area contributed by atoms with Crippen LogP contribution < -0.4 is 4.72 Å². The van der Waals surface area contributed by atoms with Crippen LogP contribution in [0.1, 0.15) is 0 Å². The summed E-state index contributed by atoms with van der Waals surface area (Å²) < 4.78 is 27.0. The van der Waals surface area contributed by atoms with E-state index in [2.05, 4.69) is 14.7 Å².